The molecule has 0 aromatic heterocycles. The van der Waals surface area contributed by atoms with Crippen LogP contribution in [0.2, 0.25) is 0 Å². The second-order valence-corrected chi connectivity index (χ2v) is 9.50. The van der Waals surface area contributed by atoms with E-state index in [1.54, 1.807) is 9.91 Å². The fourth-order valence-electron chi connectivity index (χ4n) is 5.53. The molecular formula is C20H37FN8O2. The predicted octanol–water partition coefficient (Wildman–Crippen LogP) is -2.38. The molecule has 4 rings (SSSR count). The molecule has 4 heterocycles. The van der Waals surface area contributed by atoms with E-state index < -0.39 is 18.3 Å². The maximum atomic E-state index is 13.7. The maximum Gasteiger partial charge on any atom is 0.229 e. The van der Waals surface area contributed by atoms with Gasteiger partial charge in [0.05, 0.1) is 24.3 Å². The second-order valence-electron chi connectivity index (χ2n) is 9.50. The van der Waals surface area contributed by atoms with Crippen molar-refractivity contribution in [1.82, 2.24) is 36.2 Å². The van der Waals surface area contributed by atoms with E-state index in [1.807, 2.05) is 14.1 Å². The van der Waals surface area contributed by atoms with Gasteiger partial charge >= 0.3 is 0 Å². The van der Waals surface area contributed by atoms with Crippen molar-refractivity contribution >= 4 is 11.8 Å². The lowest BCUT2D eigenvalue weighted by Gasteiger charge is -2.44. The largest absolute Gasteiger partial charge is 0.350 e. The zero-order valence-corrected chi connectivity index (χ0v) is 18.5. The third-order valence-corrected chi connectivity index (χ3v) is 7.19. The molecular weight excluding hydrogens is 403 g/mol. The highest BCUT2D eigenvalue weighted by Gasteiger charge is 2.48. The van der Waals surface area contributed by atoms with Crippen LogP contribution in [0.25, 0.3) is 0 Å². The fourth-order valence-corrected chi connectivity index (χ4v) is 5.53. The van der Waals surface area contributed by atoms with Gasteiger partial charge in [0, 0.05) is 45.7 Å². The van der Waals surface area contributed by atoms with Crippen LogP contribution in [-0.2, 0) is 9.59 Å². The van der Waals surface area contributed by atoms with Gasteiger partial charge in [0.1, 0.15) is 6.17 Å². The summed E-state index contributed by atoms with van der Waals surface area (Å²) in [4.78, 5) is 29.6. The van der Waals surface area contributed by atoms with Gasteiger partial charge < -0.3 is 21.3 Å². The molecule has 0 aromatic carbocycles. The van der Waals surface area contributed by atoms with Crippen LogP contribution in [-0.4, -0.2) is 111 Å². The normalized spacial score (nSPS) is 37.9. The Morgan fingerprint density at radius 3 is 2.61 bits per heavy atom. The van der Waals surface area contributed by atoms with Crippen LogP contribution >= 0.6 is 0 Å². The van der Waals surface area contributed by atoms with Crippen LogP contribution in [0.5, 0.6) is 0 Å². The van der Waals surface area contributed by atoms with Gasteiger partial charge in [0.25, 0.3) is 0 Å². The highest BCUT2D eigenvalue weighted by molar-refractivity contribution is 5.81. The summed E-state index contributed by atoms with van der Waals surface area (Å²) in [5.41, 5.74) is 9.24. The van der Waals surface area contributed by atoms with E-state index in [0.29, 0.717) is 6.54 Å². The quantitative estimate of drug-likeness (QED) is 0.329. The summed E-state index contributed by atoms with van der Waals surface area (Å²) in [7, 11) is 3.62. The smallest absolute Gasteiger partial charge is 0.229 e. The van der Waals surface area contributed by atoms with Gasteiger partial charge in [-0.1, -0.05) is 0 Å². The lowest BCUT2D eigenvalue weighted by Crippen LogP contribution is -2.64. The Morgan fingerprint density at radius 2 is 1.90 bits per heavy atom. The monoisotopic (exact) mass is 440 g/mol. The Labute approximate surface area is 183 Å². The first-order valence-electron chi connectivity index (χ1n) is 11.5. The first-order valence-corrected chi connectivity index (χ1v) is 11.5. The van der Waals surface area contributed by atoms with Crippen LogP contribution in [0.4, 0.5) is 4.39 Å². The van der Waals surface area contributed by atoms with Gasteiger partial charge in [-0.2, -0.15) is 0 Å². The number of fused-ring (bicyclic) bond motifs is 1. The molecule has 0 bridgehead atoms. The van der Waals surface area contributed by atoms with E-state index in [9.17, 15) is 14.0 Å². The van der Waals surface area contributed by atoms with Crippen LogP contribution in [0.15, 0.2) is 0 Å². The van der Waals surface area contributed by atoms with Gasteiger partial charge in [-0.3, -0.25) is 19.8 Å². The summed E-state index contributed by atoms with van der Waals surface area (Å²) >= 11 is 0. The van der Waals surface area contributed by atoms with Crippen LogP contribution in [0.1, 0.15) is 19.3 Å². The van der Waals surface area contributed by atoms with Crippen molar-refractivity contribution in [2.75, 3.05) is 53.4 Å². The minimum Gasteiger partial charge on any atom is -0.350 e. The average Bonchev–Trinajstić information content (AvgIpc) is 3.08. The van der Waals surface area contributed by atoms with Crippen LogP contribution in [0.3, 0.4) is 0 Å². The molecule has 10 nitrogen and oxygen atoms in total. The number of carbonyl (C=O) groups is 2. The molecule has 0 radical (unpaired) electrons. The molecule has 4 aliphatic rings. The Hall–Kier alpha value is -1.37. The highest BCUT2D eigenvalue weighted by atomic mass is 19.1. The van der Waals surface area contributed by atoms with Crippen molar-refractivity contribution < 1.29 is 14.0 Å². The molecule has 176 valence electrons. The Balaban J connectivity index is 1.36. The Bertz CT molecular complexity index is 659. The summed E-state index contributed by atoms with van der Waals surface area (Å²) in [5, 5.41) is 11.5. The number of nitrogens with two attached hydrogens (primary N) is 1. The standard InChI is InChI=1S/C20H37FN8O2/c1-27(2)20(31)12-4-7-28(8-5-12)15-3-6-23-10-14(15)25-19(30)16-17(22)26-29-11-13(21)9-24-18(16)29/h12-18,23-24,26H,3-11,22H2,1-2H3,(H,25,30). The SMILES string of the molecule is CN(C)C(=O)C1CCN(C2CCNCC2NC(=O)C2C(N)NN3CC(F)CNC23)CC1. The lowest BCUT2D eigenvalue weighted by atomic mass is 9.90. The Kier molecular flexibility index (Phi) is 7.09. The molecule has 6 atom stereocenters. The lowest BCUT2D eigenvalue weighted by molar-refractivity contribution is -0.134. The Morgan fingerprint density at radius 1 is 1.16 bits per heavy atom. The van der Waals surface area contributed by atoms with Crippen molar-refractivity contribution in [3.8, 4) is 0 Å². The first kappa shape index (κ1) is 22.8. The molecule has 0 saturated carbocycles. The number of carbonyl (C=O) groups excluding carboxylic acids is 2. The number of alkyl halides is 1. The average molecular weight is 441 g/mol. The zero-order chi connectivity index (χ0) is 22.1. The number of hydrogen-bond acceptors (Lipinski definition) is 8. The molecule has 31 heavy (non-hydrogen) atoms. The van der Waals surface area contributed by atoms with E-state index in [2.05, 4.69) is 26.3 Å². The van der Waals surface area contributed by atoms with Gasteiger partial charge in [-0.05, 0) is 38.9 Å². The molecule has 0 spiro atoms. The third-order valence-electron chi connectivity index (χ3n) is 7.19. The highest BCUT2D eigenvalue weighted by Crippen LogP contribution is 2.25. The predicted molar refractivity (Wildman–Crippen MR) is 114 cm³/mol. The number of hydrogen-bond donors (Lipinski definition) is 5. The topological polar surface area (TPSA) is 118 Å². The minimum absolute atomic E-state index is 0.0267. The van der Waals surface area contributed by atoms with E-state index in [-0.39, 0.29) is 49.1 Å². The van der Waals surface area contributed by atoms with E-state index in [4.69, 9.17) is 5.73 Å². The van der Waals surface area contributed by atoms with E-state index in [0.717, 1.165) is 38.9 Å². The molecule has 4 saturated heterocycles. The number of rotatable bonds is 4. The molecule has 11 heteroatoms. The van der Waals surface area contributed by atoms with E-state index in [1.165, 1.54) is 0 Å². The van der Waals surface area contributed by atoms with E-state index >= 15 is 0 Å². The van der Waals surface area contributed by atoms with Crippen molar-refractivity contribution in [3.05, 3.63) is 0 Å². The first-order chi connectivity index (χ1) is 14.8. The summed E-state index contributed by atoms with van der Waals surface area (Å²) in [6, 6.07) is 0.206. The fraction of sp³-hybridized carbons (Fsp3) is 0.900. The van der Waals surface area contributed by atoms with Gasteiger partial charge in [0.15, 0.2) is 0 Å². The number of piperidine rings is 2. The van der Waals surface area contributed by atoms with Gasteiger partial charge in [-0.25, -0.2) is 14.8 Å². The van der Waals surface area contributed by atoms with Crippen LogP contribution < -0.4 is 27.1 Å². The zero-order valence-electron chi connectivity index (χ0n) is 18.5. The molecule has 0 aliphatic carbocycles. The molecule has 2 amide bonds. The van der Waals surface area contributed by atoms with Crippen molar-refractivity contribution in [2.45, 2.75) is 49.8 Å². The molecule has 6 N–H and O–H groups in total. The molecule has 0 aromatic rings. The summed E-state index contributed by atoms with van der Waals surface area (Å²) in [6.07, 6.45) is 0.820. The summed E-state index contributed by atoms with van der Waals surface area (Å²) < 4.78 is 13.7. The maximum absolute atomic E-state index is 13.7. The molecule has 4 fully saturated rings. The number of hydrazine groups is 1. The van der Waals surface area contributed by atoms with Crippen molar-refractivity contribution in [2.24, 2.45) is 17.6 Å². The number of nitrogens with zero attached hydrogens (tertiary/aromatic N) is 3. The van der Waals surface area contributed by atoms with Crippen molar-refractivity contribution in [1.29, 1.82) is 0 Å². The summed E-state index contributed by atoms with van der Waals surface area (Å²) in [6.45, 7) is 3.80. The number of nitrogens with one attached hydrogen (secondary N) is 4. The number of halogens is 1. The molecule has 4 aliphatic heterocycles. The van der Waals surface area contributed by atoms with Gasteiger partial charge in [-0.15, -0.1) is 0 Å². The number of amides is 2. The number of likely N-dealkylation sites (tertiary alicyclic amines) is 1. The summed E-state index contributed by atoms with van der Waals surface area (Å²) in [5.74, 6) is -0.295. The van der Waals surface area contributed by atoms with Crippen molar-refractivity contribution in [3.63, 3.8) is 0 Å². The van der Waals surface area contributed by atoms with Gasteiger partial charge in [0.2, 0.25) is 11.8 Å². The third kappa shape index (κ3) is 4.86. The second kappa shape index (κ2) is 9.63. The molecule has 6 unspecified atom stereocenters. The minimum atomic E-state index is -0.980. The van der Waals surface area contributed by atoms with Crippen LogP contribution in [0, 0.1) is 11.8 Å².